The fourth-order valence-corrected chi connectivity index (χ4v) is 5.31. The molecule has 3 aromatic carbocycles. The molecule has 3 atom stereocenters. The van der Waals surface area contributed by atoms with Crippen LogP contribution in [0.5, 0.6) is 5.75 Å². The molecule has 6 heteroatoms. The van der Waals surface area contributed by atoms with Crippen LogP contribution < -0.4 is 4.74 Å². The Morgan fingerprint density at radius 3 is 2.54 bits per heavy atom. The maximum atomic E-state index is 14.7. The molecule has 0 radical (unpaired) electrons. The first-order valence-corrected chi connectivity index (χ1v) is 13.8. The number of hydrogen-bond acceptors (Lipinski definition) is 3. The van der Waals surface area contributed by atoms with Gasteiger partial charge in [0.25, 0.3) is 0 Å². The summed E-state index contributed by atoms with van der Waals surface area (Å²) in [6.45, 7) is 6.71. The van der Waals surface area contributed by atoms with E-state index in [1.807, 2.05) is 62.4 Å². The Hall–Kier alpha value is -2.63. The van der Waals surface area contributed by atoms with Gasteiger partial charge in [0.2, 0.25) is 0 Å². The fourth-order valence-electron chi connectivity index (χ4n) is 4.57. The summed E-state index contributed by atoms with van der Waals surface area (Å²) in [6.07, 6.45) is 2.49. The normalized spacial score (nSPS) is 19.2. The average Bonchev–Trinajstić information content (AvgIpc) is 3.46. The highest BCUT2D eigenvalue weighted by Gasteiger charge is 2.61. The Balaban J connectivity index is 1.43. The minimum atomic E-state index is -0.404. The topological polar surface area (TPSA) is 35.5 Å². The van der Waals surface area contributed by atoms with Gasteiger partial charge >= 0.3 is 5.97 Å². The summed E-state index contributed by atoms with van der Waals surface area (Å²) >= 11 is 10.2. The number of carbonyl (C=O) groups excluding carboxylic acids is 1. The summed E-state index contributed by atoms with van der Waals surface area (Å²) in [5.74, 6) is -0.469. The van der Waals surface area contributed by atoms with Crippen molar-refractivity contribution in [2.24, 2.45) is 17.3 Å². The van der Waals surface area contributed by atoms with E-state index in [4.69, 9.17) is 21.1 Å². The second-order valence-corrected chi connectivity index (χ2v) is 11.3. The molecule has 0 spiro atoms. The van der Waals surface area contributed by atoms with Crippen LogP contribution in [0.2, 0.25) is 5.02 Å². The summed E-state index contributed by atoms with van der Waals surface area (Å²) in [5, 5.41) is 0.526. The van der Waals surface area contributed by atoms with Gasteiger partial charge in [0.05, 0.1) is 17.4 Å². The van der Waals surface area contributed by atoms with Crippen LogP contribution in [0.25, 0.3) is 5.83 Å². The molecule has 0 heterocycles. The summed E-state index contributed by atoms with van der Waals surface area (Å²) in [5.41, 5.74) is 2.89. The average molecular weight is 586 g/mol. The molecule has 1 fully saturated rings. The zero-order valence-corrected chi connectivity index (χ0v) is 23.6. The van der Waals surface area contributed by atoms with Gasteiger partial charge in [-0.3, -0.25) is 4.79 Å². The van der Waals surface area contributed by atoms with Gasteiger partial charge in [-0.1, -0.05) is 96.8 Å². The molecule has 194 valence electrons. The number of carbonyl (C=O) groups is 1. The fraction of sp³-hybridized carbons (Fsp3) is 0.323. The van der Waals surface area contributed by atoms with Gasteiger partial charge in [0.1, 0.15) is 18.2 Å². The Morgan fingerprint density at radius 1 is 1.08 bits per heavy atom. The van der Waals surface area contributed by atoms with Gasteiger partial charge in [-0.25, -0.2) is 4.39 Å². The monoisotopic (exact) mass is 584 g/mol. The predicted octanol–water partition coefficient (Wildman–Crippen LogP) is 8.94. The van der Waals surface area contributed by atoms with Crippen LogP contribution >= 0.6 is 27.5 Å². The standard InChI is InChI=1S/C31H31BrClFO3/c1-4-15-36-24-12-8-11-21(17-24)29(32)22-13-14-26(33)23(16-22)19-37-30(35)28-25(31(28,2)3)18-27(34)20-9-6-5-7-10-20/h5-14,16-18,25,28-29H,4,15,19H2,1-3H3. The summed E-state index contributed by atoms with van der Waals surface area (Å²) < 4.78 is 26.2. The Bertz CT molecular complexity index is 1270. The van der Waals surface area contributed by atoms with E-state index in [2.05, 4.69) is 22.9 Å². The molecule has 1 aliphatic carbocycles. The second-order valence-electron chi connectivity index (χ2n) is 9.95. The van der Waals surface area contributed by atoms with Crippen molar-refractivity contribution in [1.82, 2.24) is 0 Å². The molecule has 3 aromatic rings. The quantitative estimate of drug-likeness (QED) is 0.176. The van der Waals surface area contributed by atoms with Crippen molar-refractivity contribution in [2.75, 3.05) is 6.61 Å². The van der Waals surface area contributed by atoms with E-state index in [0.717, 1.165) is 28.9 Å². The van der Waals surface area contributed by atoms with E-state index < -0.39 is 5.92 Å². The predicted molar refractivity (Wildman–Crippen MR) is 151 cm³/mol. The highest BCUT2D eigenvalue weighted by molar-refractivity contribution is 9.09. The molecular weight excluding hydrogens is 555 g/mol. The van der Waals surface area contributed by atoms with E-state index >= 15 is 0 Å². The Kier molecular flexibility index (Phi) is 8.76. The third-order valence-corrected chi connectivity index (χ3v) is 8.32. The minimum Gasteiger partial charge on any atom is -0.494 e. The number of benzene rings is 3. The molecule has 0 aromatic heterocycles. The van der Waals surface area contributed by atoms with Crippen molar-refractivity contribution in [2.45, 2.75) is 38.6 Å². The molecule has 0 amide bonds. The Labute approximate surface area is 231 Å². The van der Waals surface area contributed by atoms with Crippen LogP contribution in [0.4, 0.5) is 4.39 Å². The number of rotatable bonds is 10. The molecular formula is C31H31BrClFO3. The highest BCUT2D eigenvalue weighted by Crippen LogP contribution is 2.60. The van der Waals surface area contributed by atoms with Crippen molar-refractivity contribution in [3.05, 3.63) is 106 Å². The molecule has 0 N–H and O–H groups in total. The zero-order chi connectivity index (χ0) is 26.6. The van der Waals surface area contributed by atoms with Crippen molar-refractivity contribution >= 4 is 39.3 Å². The molecule has 37 heavy (non-hydrogen) atoms. The first kappa shape index (κ1) is 27.4. The van der Waals surface area contributed by atoms with E-state index in [-0.39, 0.29) is 34.6 Å². The van der Waals surface area contributed by atoms with Crippen LogP contribution in [-0.4, -0.2) is 12.6 Å². The van der Waals surface area contributed by atoms with Crippen LogP contribution in [0.1, 0.15) is 54.3 Å². The summed E-state index contributed by atoms with van der Waals surface area (Å²) in [6, 6.07) is 22.5. The number of esters is 1. The van der Waals surface area contributed by atoms with Crippen molar-refractivity contribution in [3.8, 4) is 5.75 Å². The third kappa shape index (κ3) is 6.45. The number of hydrogen-bond donors (Lipinski definition) is 0. The lowest BCUT2D eigenvalue weighted by molar-refractivity contribution is -0.147. The second kappa shape index (κ2) is 11.8. The van der Waals surface area contributed by atoms with E-state index in [1.54, 1.807) is 30.3 Å². The lowest BCUT2D eigenvalue weighted by atomic mass is 10.0. The van der Waals surface area contributed by atoms with Crippen LogP contribution in [-0.2, 0) is 16.1 Å². The molecule has 1 aliphatic rings. The molecule has 4 rings (SSSR count). The van der Waals surface area contributed by atoms with E-state index in [0.29, 0.717) is 17.2 Å². The maximum Gasteiger partial charge on any atom is 0.310 e. The van der Waals surface area contributed by atoms with Crippen molar-refractivity contribution < 1.29 is 18.7 Å². The van der Waals surface area contributed by atoms with Gasteiger partial charge in [0.15, 0.2) is 0 Å². The van der Waals surface area contributed by atoms with Gasteiger partial charge in [0, 0.05) is 16.1 Å². The first-order valence-electron chi connectivity index (χ1n) is 12.5. The smallest absolute Gasteiger partial charge is 0.310 e. The third-order valence-electron chi connectivity index (χ3n) is 6.90. The Morgan fingerprint density at radius 2 is 1.81 bits per heavy atom. The largest absolute Gasteiger partial charge is 0.494 e. The number of ether oxygens (including phenoxy) is 2. The first-order chi connectivity index (χ1) is 17.7. The van der Waals surface area contributed by atoms with E-state index in [9.17, 15) is 9.18 Å². The van der Waals surface area contributed by atoms with Crippen LogP contribution in [0.15, 0.2) is 78.9 Å². The minimum absolute atomic E-state index is 0.0507. The number of allylic oxidation sites excluding steroid dienone is 1. The molecule has 0 bridgehead atoms. The number of halogens is 3. The SMILES string of the molecule is CCCOc1cccc(C(Br)c2ccc(Cl)c(COC(=O)C3C(C=C(F)c4ccccc4)C3(C)C)c2)c1. The lowest BCUT2D eigenvalue weighted by Crippen LogP contribution is -2.11. The molecule has 3 unspecified atom stereocenters. The molecule has 1 saturated carbocycles. The van der Waals surface area contributed by atoms with E-state index in [1.165, 1.54) is 0 Å². The molecule has 0 saturated heterocycles. The number of alkyl halides is 1. The van der Waals surface area contributed by atoms with Gasteiger partial charge in [-0.15, -0.1) is 0 Å². The van der Waals surface area contributed by atoms with Crippen LogP contribution in [0.3, 0.4) is 0 Å². The zero-order valence-electron chi connectivity index (χ0n) is 21.2. The summed E-state index contributed by atoms with van der Waals surface area (Å²) in [7, 11) is 0. The van der Waals surface area contributed by atoms with Crippen LogP contribution in [0, 0.1) is 17.3 Å². The lowest BCUT2D eigenvalue weighted by Gasteiger charge is -2.15. The molecule has 3 nitrogen and oxygen atoms in total. The van der Waals surface area contributed by atoms with Crippen molar-refractivity contribution in [3.63, 3.8) is 0 Å². The highest BCUT2D eigenvalue weighted by atomic mass is 79.9. The molecule has 0 aliphatic heterocycles. The van der Waals surface area contributed by atoms with Crippen molar-refractivity contribution in [1.29, 1.82) is 0 Å². The maximum absolute atomic E-state index is 14.7. The van der Waals surface area contributed by atoms with Gasteiger partial charge in [-0.2, -0.15) is 0 Å². The van der Waals surface area contributed by atoms with Gasteiger partial charge in [-0.05, 0) is 59.2 Å². The van der Waals surface area contributed by atoms with Gasteiger partial charge < -0.3 is 9.47 Å². The summed E-state index contributed by atoms with van der Waals surface area (Å²) in [4.78, 5) is 12.9.